The average Bonchev–Trinajstić information content (AvgIpc) is 2.48. The van der Waals surface area contributed by atoms with Crippen LogP contribution in [-0.2, 0) is 6.54 Å². The highest BCUT2D eigenvalue weighted by Gasteiger charge is 2.09. The maximum Gasteiger partial charge on any atom is 0.165 e. The topological polar surface area (TPSA) is 41.5 Å². The summed E-state index contributed by atoms with van der Waals surface area (Å²) in [6.45, 7) is 2.40. The summed E-state index contributed by atoms with van der Waals surface area (Å²) in [5, 5.41) is 12.9. The van der Waals surface area contributed by atoms with E-state index < -0.39 is 5.82 Å². The van der Waals surface area contributed by atoms with Gasteiger partial charge in [-0.15, -0.1) is 0 Å². The van der Waals surface area contributed by atoms with Crippen molar-refractivity contribution in [1.29, 1.82) is 0 Å². The van der Waals surface area contributed by atoms with Gasteiger partial charge in [-0.2, -0.15) is 0 Å². The maximum absolute atomic E-state index is 13.2. The molecular formula is C16H18FNO2. The molecule has 20 heavy (non-hydrogen) atoms. The Bertz CT molecular complexity index is 586. The summed E-state index contributed by atoms with van der Waals surface area (Å²) in [7, 11) is 1.63. The SMILES string of the molecule is COc1cccc([C@H](C)NCc2cccc(F)c2O)c1. The molecule has 3 nitrogen and oxygen atoms in total. The molecule has 0 fully saturated rings. The van der Waals surface area contributed by atoms with Crippen LogP contribution < -0.4 is 10.1 Å². The molecule has 2 rings (SSSR count). The fraction of sp³-hybridized carbons (Fsp3) is 0.250. The predicted molar refractivity (Wildman–Crippen MR) is 76.3 cm³/mol. The molecule has 106 valence electrons. The number of hydrogen-bond donors (Lipinski definition) is 2. The summed E-state index contributed by atoms with van der Waals surface area (Å²) in [5.41, 5.74) is 1.61. The Morgan fingerprint density at radius 1 is 1.25 bits per heavy atom. The van der Waals surface area contributed by atoms with Crippen molar-refractivity contribution in [2.24, 2.45) is 0 Å². The molecule has 0 heterocycles. The van der Waals surface area contributed by atoms with Crippen LogP contribution in [0.3, 0.4) is 0 Å². The van der Waals surface area contributed by atoms with Gasteiger partial charge in [-0.1, -0.05) is 24.3 Å². The van der Waals surface area contributed by atoms with Crippen molar-refractivity contribution in [3.05, 3.63) is 59.4 Å². The number of nitrogens with one attached hydrogen (secondary N) is 1. The van der Waals surface area contributed by atoms with Crippen LogP contribution >= 0.6 is 0 Å². The van der Waals surface area contributed by atoms with Crippen molar-refractivity contribution < 1.29 is 14.2 Å². The number of methoxy groups -OCH3 is 1. The molecule has 0 radical (unpaired) electrons. The summed E-state index contributed by atoms with van der Waals surface area (Å²) in [6.07, 6.45) is 0. The summed E-state index contributed by atoms with van der Waals surface area (Å²) in [4.78, 5) is 0. The first-order chi connectivity index (χ1) is 9.61. The molecule has 0 spiro atoms. The number of halogens is 1. The van der Waals surface area contributed by atoms with Crippen LogP contribution in [-0.4, -0.2) is 12.2 Å². The highest BCUT2D eigenvalue weighted by molar-refractivity contribution is 5.34. The normalized spacial score (nSPS) is 12.2. The number of phenolic OH excluding ortho intramolecular Hbond substituents is 1. The number of aromatic hydroxyl groups is 1. The standard InChI is InChI=1S/C16H18FNO2/c1-11(12-5-3-7-14(9-12)20-2)18-10-13-6-4-8-15(17)16(13)19/h3-9,11,18-19H,10H2,1-2H3/t11-/m0/s1. The maximum atomic E-state index is 13.2. The molecule has 2 aromatic rings. The molecule has 0 aliphatic carbocycles. The van der Waals surface area contributed by atoms with Crippen LogP contribution in [0.2, 0.25) is 0 Å². The Balaban J connectivity index is 2.04. The van der Waals surface area contributed by atoms with E-state index in [1.54, 1.807) is 19.2 Å². The highest BCUT2D eigenvalue weighted by atomic mass is 19.1. The number of ether oxygens (including phenoxy) is 1. The number of hydrogen-bond acceptors (Lipinski definition) is 3. The molecule has 0 amide bonds. The van der Waals surface area contributed by atoms with Gasteiger partial charge in [-0.25, -0.2) is 4.39 Å². The van der Waals surface area contributed by atoms with E-state index >= 15 is 0 Å². The van der Waals surface area contributed by atoms with E-state index in [-0.39, 0.29) is 11.8 Å². The van der Waals surface area contributed by atoms with Crippen molar-refractivity contribution in [2.45, 2.75) is 19.5 Å². The molecule has 0 bridgehead atoms. The van der Waals surface area contributed by atoms with E-state index in [0.29, 0.717) is 12.1 Å². The van der Waals surface area contributed by atoms with Crippen molar-refractivity contribution in [3.63, 3.8) is 0 Å². The van der Waals surface area contributed by atoms with Crippen molar-refractivity contribution in [2.75, 3.05) is 7.11 Å². The predicted octanol–water partition coefficient (Wildman–Crippen LogP) is 3.39. The first kappa shape index (κ1) is 14.3. The van der Waals surface area contributed by atoms with E-state index in [1.807, 2.05) is 31.2 Å². The van der Waals surface area contributed by atoms with Gasteiger partial charge in [0, 0.05) is 18.2 Å². The minimum absolute atomic E-state index is 0.0627. The fourth-order valence-electron chi connectivity index (χ4n) is 1.99. The van der Waals surface area contributed by atoms with Crippen LogP contribution in [0, 0.1) is 5.82 Å². The lowest BCUT2D eigenvalue weighted by atomic mass is 10.1. The minimum Gasteiger partial charge on any atom is -0.505 e. The van der Waals surface area contributed by atoms with Crippen LogP contribution in [0.1, 0.15) is 24.1 Å². The number of para-hydroxylation sites is 1. The second-order valence-corrected chi connectivity index (χ2v) is 4.63. The van der Waals surface area contributed by atoms with Crippen molar-refractivity contribution in [1.82, 2.24) is 5.32 Å². The monoisotopic (exact) mass is 275 g/mol. The molecule has 4 heteroatoms. The van der Waals surface area contributed by atoms with Gasteiger partial charge in [0.2, 0.25) is 0 Å². The minimum atomic E-state index is -0.599. The molecule has 0 saturated carbocycles. The lowest BCUT2D eigenvalue weighted by Gasteiger charge is -2.15. The quantitative estimate of drug-likeness (QED) is 0.879. The summed E-state index contributed by atoms with van der Waals surface area (Å²) in [5.74, 6) is -0.0964. The van der Waals surface area contributed by atoms with Gasteiger partial charge >= 0.3 is 0 Å². The summed E-state index contributed by atoms with van der Waals surface area (Å²) in [6, 6.07) is 12.3. The summed E-state index contributed by atoms with van der Waals surface area (Å²) >= 11 is 0. The Hall–Kier alpha value is -2.07. The average molecular weight is 275 g/mol. The second kappa shape index (κ2) is 6.39. The van der Waals surface area contributed by atoms with E-state index in [1.165, 1.54) is 6.07 Å². The molecule has 2 N–H and O–H groups in total. The zero-order valence-electron chi connectivity index (χ0n) is 11.6. The first-order valence-electron chi connectivity index (χ1n) is 6.45. The number of phenols is 1. The number of benzene rings is 2. The zero-order chi connectivity index (χ0) is 14.5. The van der Waals surface area contributed by atoms with Crippen LogP contribution in [0.15, 0.2) is 42.5 Å². The van der Waals surface area contributed by atoms with E-state index in [4.69, 9.17) is 4.74 Å². The van der Waals surface area contributed by atoms with Gasteiger partial charge in [0.1, 0.15) is 5.75 Å². The molecule has 2 aromatic carbocycles. The van der Waals surface area contributed by atoms with E-state index in [9.17, 15) is 9.50 Å². The third-order valence-corrected chi connectivity index (χ3v) is 3.26. The largest absolute Gasteiger partial charge is 0.505 e. The second-order valence-electron chi connectivity index (χ2n) is 4.63. The van der Waals surface area contributed by atoms with Crippen LogP contribution in [0.4, 0.5) is 4.39 Å². The molecule has 0 aromatic heterocycles. The van der Waals surface area contributed by atoms with Gasteiger partial charge in [-0.05, 0) is 30.7 Å². The Morgan fingerprint density at radius 2 is 2.00 bits per heavy atom. The lowest BCUT2D eigenvalue weighted by Crippen LogP contribution is -2.18. The van der Waals surface area contributed by atoms with Gasteiger partial charge < -0.3 is 15.2 Å². The van der Waals surface area contributed by atoms with Gasteiger partial charge in [0.05, 0.1) is 7.11 Å². The molecule has 0 aliphatic heterocycles. The van der Waals surface area contributed by atoms with Crippen molar-refractivity contribution in [3.8, 4) is 11.5 Å². The number of rotatable bonds is 5. The van der Waals surface area contributed by atoms with E-state index in [0.717, 1.165) is 11.3 Å². The molecular weight excluding hydrogens is 257 g/mol. The molecule has 0 unspecified atom stereocenters. The van der Waals surface area contributed by atoms with Crippen molar-refractivity contribution >= 4 is 0 Å². The third kappa shape index (κ3) is 3.27. The third-order valence-electron chi connectivity index (χ3n) is 3.26. The summed E-state index contributed by atoms with van der Waals surface area (Å²) < 4.78 is 18.4. The highest BCUT2D eigenvalue weighted by Crippen LogP contribution is 2.23. The fourth-order valence-corrected chi connectivity index (χ4v) is 1.99. The molecule has 0 aliphatic rings. The molecule has 0 saturated heterocycles. The first-order valence-corrected chi connectivity index (χ1v) is 6.45. The lowest BCUT2D eigenvalue weighted by molar-refractivity contribution is 0.412. The Labute approximate surface area is 118 Å². The van der Waals surface area contributed by atoms with Gasteiger partial charge in [-0.3, -0.25) is 0 Å². The Kier molecular flexibility index (Phi) is 4.58. The smallest absolute Gasteiger partial charge is 0.165 e. The van der Waals surface area contributed by atoms with Gasteiger partial charge in [0.15, 0.2) is 11.6 Å². The van der Waals surface area contributed by atoms with Crippen LogP contribution in [0.25, 0.3) is 0 Å². The Morgan fingerprint density at radius 3 is 2.75 bits per heavy atom. The van der Waals surface area contributed by atoms with E-state index in [2.05, 4.69) is 5.32 Å². The zero-order valence-corrected chi connectivity index (χ0v) is 11.6. The van der Waals surface area contributed by atoms with Crippen LogP contribution in [0.5, 0.6) is 11.5 Å². The molecule has 1 atom stereocenters. The van der Waals surface area contributed by atoms with Gasteiger partial charge in [0.25, 0.3) is 0 Å².